The minimum atomic E-state index is -1.62. The third kappa shape index (κ3) is 29.8. The summed E-state index contributed by atoms with van der Waals surface area (Å²) in [7, 11) is 0. The molecular weight excluding hydrogens is 1360 g/mol. The molecule has 10 atom stereocenters. The molecule has 576 valence electrons. The number of nitrogens with zero attached hydrogens (tertiary/aromatic N) is 1. The molecule has 0 aliphatic carbocycles. The summed E-state index contributed by atoms with van der Waals surface area (Å²) in [6, 6.07) is 20.8. The summed E-state index contributed by atoms with van der Waals surface area (Å²) in [4.78, 5) is 173. The Morgan fingerprint density at radius 2 is 0.755 bits per heavy atom. The van der Waals surface area contributed by atoms with Crippen LogP contribution in [0.25, 0.3) is 21.5 Å². The van der Waals surface area contributed by atoms with Gasteiger partial charge in [0, 0.05) is 32.2 Å². The van der Waals surface area contributed by atoms with Gasteiger partial charge < -0.3 is 99.0 Å². The Labute approximate surface area is 618 Å². The number of fused-ring (bicyclic) bond motifs is 2. The molecule has 12 amide bonds. The van der Waals surface area contributed by atoms with Gasteiger partial charge in [0.25, 0.3) is 0 Å². The van der Waals surface area contributed by atoms with Gasteiger partial charge in [-0.1, -0.05) is 136 Å². The van der Waals surface area contributed by atoms with Gasteiger partial charge in [-0.15, -0.1) is 0 Å². The van der Waals surface area contributed by atoms with Crippen LogP contribution in [0.3, 0.4) is 0 Å². The highest BCUT2D eigenvalue weighted by Crippen LogP contribution is 2.23. The number of unbranched alkanes of at least 4 members (excludes halogenated alkanes) is 3. The van der Waals surface area contributed by atoms with Crippen LogP contribution in [-0.2, 0) is 76.8 Å². The summed E-state index contributed by atoms with van der Waals surface area (Å²) in [6.07, 6.45) is 2.17. The van der Waals surface area contributed by atoms with Crippen LogP contribution in [0.1, 0.15) is 127 Å². The van der Waals surface area contributed by atoms with Crippen molar-refractivity contribution < 1.29 is 57.5 Å². The fourth-order valence-corrected chi connectivity index (χ4v) is 11.9. The van der Waals surface area contributed by atoms with E-state index in [4.69, 9.17) is 45.9 Å². The predicted molar refractivity (Wildman–Crippen MR) is 405 cm³/mol. The molecule has 0 aliphatic heterocycles. The lowest BCUT2D eigenvalue weighted by Crippen LogP contribution is -2.61. The fraction of sp³-hybridized carbons (Fsp3) is 0.480. The molecule has 0 heterocycles. The summed E-state index contributed by atoms with van der Waals surface area (Å²) >= 11 is 0. The van der Waals surface area contributed by atoms with E-state index in [1.807, 2.05) is 68.4 Å². The van der Waals surface area contributed by atoms with Crippen LogP contribution in [-0.4, -0.2) is 170 Å². The molecule has 106 heavy (non-hydrogen) atoms. The second kappa shape index (κ2) is 45.6. The van der Waals surface area contributed by atoms with Crippen LogP contribution in [0, 0.1) is 5.92 Å². The minimum Gasteiger partial charge on any atom is -0.370 e. The molecule has 0 bridgehead atoms. The topological polar surface area (TPSA) is 546 Å². The molecule has 0 saturated heterocycles. The molecule has 0 radical (unpaired) electrons. The molecule has 0 saturated carbocycles. The lowest BCUT2D eigenvalue weighted by atomic mass is 9.97. The van der Waals surface area contributed by atoms with Gasteiger partial charge in [-0.3, -0.25) is 62.5 Å². The van der Waals surface area contributed by atoms with Crippen LogP contribution in [0.4, 0.5) is 0 Å². The fourth-order valence-electron chi connectivity index (χ4n) is 11.9. The Hall–Kier alpha value is -10.6. The van der Waals surface area contributed by atoms with Gasteiger partial charge in [-0.25, -0.2) is 0 Å². The molecule has 31 heteroatoms. The van der Waals surface area contributed by atoms with Crippen molar-refractivity contribution in [3.8, 4) is 0 Å². The smallest absolute Gasteiger partial charge is 0.243 e. The van der Waals surface area contributed by atoms with Crippen LogP contribution in [0.5, 0.6) is 0 Å². The molecule has 5 aromatic carbocycles. The zero-order chi connectivity index (χ0) is 77.7. The average Bonchev–Trinajstić information content (AvgIpc) is 0.820. The summed E-state index contributed by atoms with van der Waals surface area (Å²) in [5.41, 5.74) is 47.7. The van der Waals surface area contributed by atoms with Gasteiger partial charge in [-0.2, -0.15) is 0 Å². The van der Waals surface area contributed by atoms with Crippen LogP contribution < -0.4 is 99.0 Å². The zero-order valence-corrected chi connectivity index (χ0v) is 60.8. The monoisotopic (exact) mass is 1470 g/mol. The highest BCUT2D eigenvalue weighted by Gasteiger charge is 2.36. The normalized spacial score (nSPS) is 14.0. The predicted octanol–water partition coefficient (Wildman–Crippen LogP) is -0.915. The number of nitrogens with two attached hydrogens (primary N) is 8. The van der Waals surface area contributed by atoms with Crippen LogP contribution in [0.2, 0.25) is 0 Å². The van der Waals surface area contributed by atoms with Gasteiger partial charge in [0.15, 0.2) is 5.96 Å². The Morgan fingerprint density at radius 3 is 1.23 bits per heavy atom. The van der Waals surface area contributed by atoms with E-state index in [9.17, 15) is 47.9 Å². The Kier molecular flexibility index (Phi) is 37.0. The number of rotatable bonds is 48. The number of benzene rings is 5. The maximum absolute atomic E-state index is 15.2. The zero-order valence-electron chi connectivity index (χ0n) is 60.8. The molecule has 0 aromatic heterocycles. The maximum atomic E-state index is 15.2. The van der Waals surface area contributed by atoms with E-state index in [2.05, 4.69) is 58.2 Å². The SMILES string of the molecule is CC(C)C[C@@H](NC(=O)[C@H](N)CCCCN)C(=O)N[C@H](Cc1ccccc1)C(=O)N[C@H](CCCN=C(N)N)C(=O)N[C@H](Cc1cccc2ccccc12)C(=O)N[C@H](CCC(N)=O)C(=O)N[C@H](C)C(=O)N[C@H](CCCCN)C(=O)N[C@H](Cc1cccc2ccccc12)C(=O)N[C@H](CCCCN)C(=O)NCC(N)=O. The molecule has 26 N–H and O–H groups in total. The average molecular weight is 1470 g/mol. The first-order valence-electron chi connectivity index (χ1n) is 36.2. The molecule has 0 spiro atoms. The van der Waals surface area contributed by atoms with Gasteiger partial charge in [-0.05, 0) is 148 Å². The molecule has 0 fully saturated rings. The van der Waals surface area contributed by atoms with Crippen LogP contribution in [0.15, 0.2) is 120 Å². The quantitative estimate of drug-likeness (QED) is 0.0127. The van der Waals surface area contributed by atoms with Crippen LogP contribution >= 0.6 is 0 Å². The minimum absolute atomic E-state index is 0.0000865. The highest BCUT2D eigenvalue weighted by molar-refractivity contribution is 6.00. The highest BCUT2D eigenvalue weighted by atomic mass is 16.2. The molecular formula is C75H109N19O12. The number of carbonyl (C=O) groups is 12. The Morgan fingerprint density at radius 1 is 0.368 bits per heavy atom. The first kappa shape index (κ1) is 86.0. The first-order valence-corrected chi connectivity index (χ1v) is 36.2. The standard InChI is InChI=1S/C75H109N19O12/c1-45(2)40-59(91-66(98)54(79)30-11-14-36-76)71(103)92-60(41-47-20-5-4-6-21-47)72(104)89-57(33-19-39-84-75(82)83)70(102)94-62(43-51-27-18-25-49-23-8-10-29-53(49)51)74(106)90-58(34-35-63(80)95)68(100)86-46(3)65(97)87-56(32-13-16-38-78)69(101)93-61(42-50-26-17-24-48-22-7-9-28-52(48)50)73(105)88-55(31-12-15-37-77)67(99)85-44-64(81)96/h4-10,17-18,20-29,45-46,54-62H,11-16,19,30-44,76-79H2,1-3H3,(H2,80,95)(H2,81,96)(H,85,99)(H,86,100)(H,87,97)(H,88,105)(H,89,104)(H,90,106)(H,91,98)(H,92,103)(H,93,101)(H,94,102)(H4,82,83,84)/t46-,54-,55-,56-,57-,58-,59-,60-,61-,62-/m1/s1. The molecule has 0 aliphatic rings. The third-order valence-electron chi connectivity index (χ3n) is 17.7. The van der Waals surface area contributed by atoms with Crippen molar-refractivity contribution in [3.63, 3.8) is 0 Å². The van der Waals surface area contributed by atoms with Gasteiger partial charge in [0.2, 0.25) is 70.9 Å². The van der Waals surface area contributed by atoms with Crippen molar-refractivity contribution in [2.45, 2.75) is 190 Å². The Balaban J connectivity index is 1.46. The third-order valence-corrected chi connectivity index (χ3v) is 17.7. The second-order valence-electron chi connectivity index (χ2n) is 26.8. The molecule has 31 nitrogen and oxygen atoms in total. The summed E-state index contributed by atoms with van der Waals surface area (Å²) in [5, 5.41) is 30.2. The number of nitrogens with one attached hydrogen (secondary N) is 10. The number of hydrogen-bond acceptors (Lipinski definition) is 17. The first-order chi connectivity index (χ1) is 50.7. The number of guanidine groups is 1. The van der Waals surface area contributed by atoms with Crippen molar-refractivity contribution in [3.05, 3.63) is 132 Å². The number of primary amides is 2. The number of amides is 12. The largest absolute Gasteiger partial charge is 0.370 e. The maximum Gasteiger partial charge on any atom is 0.243 e. The summed E-state index contributed by atoms with van der Waals surface area (Å²) in [6.45, 7) is 5.45. The second-order valence-corrected chi connectivity index (χ2v) is 26.8. The van der Waals surface area contributed by atoms with E-state index in [-0.39, 0.29) is 76.3 Å². The van der Waals surface area contributed by atoms with E-state index in [1.165, 1.54) is 6.92 Å². The Bertz CT molecular complexity index is 3770. The summed E-state index contributed by atoms with van der Waals surface area (Å²) in [5.74, 6) is -10.1. The number of carbonyl (C=O) groups excluding carboxylic acids is 12. The van der Waals surface area contributed by atoms with E-state index >= 15 is 9.59 Å². The van der Waals surface area contributed by atoms with E-state index in [0.717, 1.165) is 16.2 Å². The summed E-state index contributed by atoms with van der Waals surface area (Å²) < 4.78 is 0. The molecule has 5 aromatic rings. The van der Waals surface area contributed by atoms with Crippen molar-refractivity contribution in [1.82, 2.24) is 53.2 Å². The molecule has 0 unspecified atom stereocenters. The van der Waals surface area contributed by atoms with Gasteiger partial charge in [0.05, 0.1) is 12.6 Å². The number of aliphatic imine (C=N–C) groups is 1. The van der Waals surface area contributed by atoms with Crippen molar-refractivity contribution in [2.24, 2.45) is 56.8 Å². The van der Waals surface area contributed by atoms with Crippen molar-refractivity contribution in [2.75, 3.05) is 32.7 Å². The van der Waals surface area contributed by atoms with Crippen molar-refractivity contribution >= 4 is 98.4 Å². The van der Waals surface area contributed by atoms with E-state index in [0.29, 0.717) is 80.1 Å². The lowest BCUT2D eigenvalue weighted by Gasteiger charge is -2.28. The van der Waals surface area contributed by atoms with E-state index < -0.39 is 151 Å². The van der Waals surface area contributed by atoms with Gasteiger partial charge in [0.1, 0.15) is 54.4 Å². The van der Waals surface area contributed by atoms with Crippen molar-refractivity contribution in [1.29, 1.82) is 0 Å². The van der Waals surface area contributed by atoms with Gasteiger partial charge >= 0.3 is 0 Å². The number of hydrogen-bond donors (Lipinski definition) is 18. The van der Waals surface area contributed by atoms with E-state index in [1.54, 1.807) is 60.7 Å². The lowest BCUT2D eigenvalue weighted by molar-refractivity contribution is -0.136. The molecule has 5 rings (SSSR count).